The van der Waals surface area contributed by atoms with Crippen molar-refractivity contribution in [2.24, 2.45) is 10.9 Å². The average molecular weight is 331 g/mol. The van der Waals surface area contributed by atoms with E-state index in [0.717, 1.165) is 38.1 Å². The summed E-state index contributed by atoms with van der Waals surface area (Å²) in [5, 5.41) is 6.92. The molecule has 0 aromatic heterocycles. The van der Waals surface area contributed by atoms with Gasteiger partial charge in [0.2, 0.25) is 0 Å². The van der Waals surface area contributed by atoms with Gasteiger partial charge >= 0.3 is 0 Å². The first-order chi connectivity index (χ1) is 11.6. The van der Waals surface area contributed by atoms with Gasteiger partial charge in [-0.2, -0.15) is 0 Å². The van der Waals surface area contributed by atoms with Crippen LogP contribution in [-0.2, 0) is 6.54 Å². The summed E-state index contributed by atoms with van der Waals surface area (Å²) in [6.45, 7) is 14.9. The van der Waals surface area contributed by atoms with E-state index < -0.39 is 0 Å². The Morgan fingerprint density at radius 3 is 2.79 bits per heavy atom. The van der Waals surface area contributed by atoms with E-state index in [1.165, 1.54) is 42.6 Å². The van der Waals surface area contributed by atoms with Crippen molar-refractivity contribution >= 4 is 5.96 Å². The Labute approximate surface area is 147 Å². The molecule has 134 valence electrons. The number of nitrogens with zero attached hydrogens (tertiary/aromatic N) is 2. The van der Waals surface area contributed by atoms with E-state index in [0.29, 0.717) is 0 Å². The first-order valence-corrected chi connectivity index (χ1v) is 9.43. The molecule has 1 heterocycles. The Kier molecular flexibility index (Phi) is 7.57. The van der Waals surface area contributed by atoms with E-state index in [4.69, 9.17) is 4.99 Å². The molecule has 1 aromatic rings. The van der Waals surface area contributed by atoms with Crippen molar-refractivity contribution in [1.82, 2.24) is 15.5 Å². The van der Waals surface area contributed by atoms with E-state index >= 15 is 0 Å². The van der Waals surface area contributed by atoms with Crippen LogP contribution in [0.25, 0.3) is 0 Å². The zero-order valence-corrected chi connectivity index (χ0v) is 15.9. The molecule has 2 rings (SSSR count). The summed E-state index contributed by atoms with van der Waals surface area (Å²) < 4.78 is 0. The number of aryl methyl sites for hydroxylation is 2. The maximum Gasteiger partial charge on any atom is 0.191 e. The lowest BCUT2D eigenvalue weighted by Gasteiger charge is -2.32. The predicted octanol–water partition coefficient (Wildman–Crippen LogP) is 3.09. The Bertz CT molecular complexity index is 538. The van der Waals surface area contributed by atoms with Crippen LogP contribution in [0.1, 0.15) is 43.4 Å². The average Bonchev–Trinajstić information content (AvgIpc) is 2.59. The molecule has 1 saturated heterocycles. The molecule has 1 unspecified atom stereocenters. The van der Waals surface area contributed by atoms with Crippen molar-refractivity contribution in [2.45, 2.75) is 47.1 Å². The monoisotopic (exact) mass is 330 g/mol. The fourth-order valence-corrected chi connectivity index (χ4v) is 3.38. The Balaban J connectivity index is 1.90. The molecule has 0 bridgehead atoms. The molecule has 1 aromatic carbocycles. The topological polar surface area (TPSA) is 39.7 Å². The molecule has 1 atom stereocenters. The third-order valence-corrected chi connectivity index (χ3v) is 4.86. The summed E-state index contributed by atoms with van der Waals surface area (Å²) in [7, 11) is 0. The fraction of sp³-hybridized carbons (Fsp3) is 0.650. The third kappa shape index (κ3) is 5.82. The van der Waals surface area contributed by atoms with Crippen molar-refractivity contribution in [3.63, 3.8) is 0 Å². The number of rotatable bonds is 6. The highest BCUT2D eigenvalue weighted by Gasteiger charge is 2.18. The maximum atomic E-state index is 4.78. The molecule has 24 heavy (non-hydrogen) atoms. The van der Waals surface area contributed by atoms with Gasteiger partial charge in [-0.25, -0.2) is 4.99 Å². The summed E-state index contributed by atoms with van der Waals surface area (Å²) in [6, 6.07) is 6.59. The predicted molar refractivity (Wildman–Crippen MR) is 104 cm³/mol. The van der Waals surface area contributed by atoms with E-state index in [2.05, 4.69) is 61.4 Å². The van der Waals surface area contributed by atoms with Crippen LogP contribution in [0.15, 0.2) is 23.2 Å². The van der Waals surface area contributed by atoms with Gasteiger partial charge in [0, 0.05) is 19.6 Å². The van der Waals surface area contributed by atoms with Crippen LogP contribution in [0.2, 0.25) is 0 Å². The van der Waals surface area contributed by atoms with E-state index in [-0.39, 0.29) is 0 Å². The van der Waals surface area contributed by atoms with Gasteiger partial charge in [-0.3, -0.25) is 0 Å². The second-order valence-electron chi connectivity index (χ2n) is 6.91. The summed E-state index contributed by atoms with van der Waals surface area (Å²) in [5.41, 5.74) is 3.93. The molecule has 0 saturated carbocycles. The van der Waals surface area contributed by atoms with Gasteiger partial charge in [0.1, 0.15) is 0 Å². The highest BCUT2D eigenvalue weighted by molar-refractivity contribution is 5.79. The van der Waals surface area contributed by atoms with Gasteiger partial charge in [0.15, 0.2) is 5.96 Å². The number of aliphatic imine (C=N–C) groups is 1. The van der Waals surface area contributed by atoms with Gasteiger partial charge in [0.25, 0.3) is 0 Å². The summed E-state index contributed by atoms with van der Waals surface area (Å²) in [5.74, 6) is 1.66. The maximum absolute atomic E-state index is 4.78. The molecule has 0 radical (unpaired) electrons. The van der Waals surface area contributed by atoms with Gasteiger partial charge in [-0.05, 0) is 63.7 Å². The van der Waals surface area contributed by atoms with Crippen LogP contribution >= 0.6 is 0 Å². The molecule has 0 amide bonds. The normalized spacial score (nSPS) is 19.3. The molecule has 0 spiro atoms. The second-order valence-corrected chi connectivity index (χ2v) is 6.91. The van der Waals surface area contributed by atoms with Crippen LogP contribution in [0.3, 0.4) is 0 Å². The van der Waals surface area contributed by atoms with Crippen molar-refractivity contribution in [1.29, 1.82) is 0 Å². The standard InChI is InChI=1S/C20H34N4/c1-5-21-20(22-13-18-8-7-11-24(6-2)15-18)23-14-19-10-9-16(3)12-17(19)4/h9-10,12,18H,5-8,11,13-15H2,1-4H3,(H2,21,22,23). The summed E-state index contributed by atoms with van der Waals surface area (Å²) in [6.07, 6.45) is 2.64. The van der Waals surface area contributed by atoms with Crippen LogP contribution in [0.4, 0.5) is 0 Å². The zero-order chi connectivity index (χ0) is 17.4. The largest absolute Gasteiger partial charge is 0.357 e. The summed E-state index contributed by atoms with van der Waals surface area (Å²) >= 11 is 0. The fourth-order valence-electron chi connectivity index (χ4n) is 3.38. The van der Waals surface area contributed by atoms with Crippen molar-refractivity contribution in [2.75, 3.05) is 32.7 Å². The van der Waals surface area contributed by atoms with Gasteiger partial charge < -0.3 is 15.5 Å². The molecule has 1 fully saturated rings. The SMILES string of the molecule is CCNC(=NCc1ccc(C)cc1C)NCC1CCCN(CC)C1. The van der Waals surface area contributed by atoms with Crippen LogP contribution in [-0.4, -0.2) is 43.6 Å². The Morgan fingerprint density at radius 1 is 1.25 bits per heavy atom. The van der Waals surface area contributed by atoms with E-state index in [1.54, 1.807) is 0 Å². The van der Waals surface area contributed by atoms with Gasteiger partial charge in [-0.15, -0.1) is 0 Å². The number of piperidine rings is 1. The number of guanidine groups is 1. The number of likely N-dealkylation sites (tertiary alicyclic amines) is 1. The third-order valence-electron chi connectivity index (χ3n) is 4.86. The number of benzene rings is 1. The molecule has 1 aliphatic rings. The molecule has 4 heteroatoms. The van der Waals surface area contributed by atoms with E-state index in [9.17, 15) is 0 Å². The second kappa shape index (κ2) is 9.67. The molecule has 2 N–H and O–H groups in total. The molecule has 1 aliphatic heterocycles. The molecular weight excluding hydrogens is 296 g/mol. The lowest BCUT2D eigenvalue weighted by Crippen LogP contribution is -2.44. The highest BCUT2D eigenvalue weighted by atomic mass is 15.2. The van der Waals surface area contributed by atoms with Gasteiger partial charge in [-0.1, -0.05) is 30.7 Å². The van der Waals surface area contributed by atoms with Gasteiger partial charge in [0.05, 0.1) is 6.54 Å². The highest BCUT2D eigenvalue weighted by Crippen LogP contribution is 2.15. The van der Waals surface area contributed by atoms with Crippen molar-refractivity contribution < 1.29 is 0 Å². The van der Waals surface area contributed by atoms with E-state index in [1.807, 2.05) is 0 Å². The zero-order valence-electron chi connectivity index (χ0n) is 15.9. The Morgan fingerprint density at radius 2 is 2.08 bits per heavy atom. The number of nitrogens with one attached hydrogen (secondary N) is 2. The lowest BCUT2D eigenvalue weighted by molar-refractivity contribution is 0.183. The first kappa shape index (κ1) is 18.8. The smallest absolute Gasteiger partial charge is 0.191 e. The first-order valence-electron chi connectivity index (χ1n) is 9.43. The number of hydrogen-bond acceptors (Lipinski definition) is 2. The summed E-state index contributed by atoms with van der Waals surface area (Å²) in [4.78, 5) is 7.33. The van der Waals surface area contributed by atoms with Crippen LogP contribution in [0, 0.1) is 19.8 Å². The Hall–Kier alpha value is -1.55. The minimum absolute atomic E-state index is 0.726. The number of hydrogen-bond donors (Lipinski definition) is 2. The molecular formula is C20H34N4. The van der Waals surface area contributed by atoms with Crippen molar-refractivity contribution in [3.05, 3.63) is 34.9 Å². The molecule has 0 aliphatic carbocycles. The quantitative estimate of drug-likeness (QED) is 0.622. The van der Waals surface area contributed by atoms with Crippen LogP contribution < -0.4 is 10.6 Å². The van der Waals surface area contributed by atoms with Crippen molar-refractivity contribution in [3.8, 4) is 0 Å². The molecule has 4 nitrogen and oxygen atoms in total. The lowest BCUT2D eigenvalue weighted by atomic mass is 9.98. The minimum atomic E-state index is 0.726. The minimum Gasteiger partial charge on any atom is -0.357 e. The van der Waals surface area contributed by atoms with Crippen LogP contribution in [0.5, 0.6) is 0 Å².